The third-order valence-corrected chi connectivity index (χ3v) is 10.3. The summed E-state index contributed by atoms with van der Waals surface area (Å²) < 4.78 is 5.09. The predicted octanol–water partition coefficient (Wildman–Crippen LogP) is 11.2. The fraction of sp³-hybridized carbons (Fsp3) is 0. The van der Waals surface area contributed by atoms with Crippen molar-refractivity contribution in [1.82, 2.24) is 0 Å². The summed E-state index contributed by atoms with van der Waals surface area (Å²) in [5.41, 5.74) is 6.85. The van der Waals surface area contributed by atoms with Gasteiger partial charge in [0.1, 0.15) is 12.1 Å². The second-order valence-corrected chi connectivity index (χ2v) is 12.5. The van der Waals surface area contributed by atoms with Crippen molar-refractivity contribution < 1.29 is 0 Å². The van der Waals surface area contributed by atoms with E-state index in [1.807, 2.05) is 34.8 Å². The fourth-order valence-electron chi connectivity index (χ4n) is 5.93. The molecule has 0 unspecified atom stereocenters. The van der Waals surface area contributed by atoms with Crippen LogP contribution in [0.4, 0.5) is 0 Å². The second-order valence-electron chi connectivity index (χ2n) is 10.4. The Bertz CT molecular complexity index is 2310. The molecular formula is C38H20N2S2. The summed E-state index contributed by atoms with van der Waals surface area (Å²) in [6.45, 7) is 0. The highest BCUT2D eigenvalue weighted by Crippen LogP contribution is 2.41. The molecule has 4 heteroatoms. The highest BCUT2D eigenvalue weighted by Gasteiger charge is 2.15. The summed E-state index contributed by atoms with van der Waals surface area (Å²) in [5, 5.41) is 24.8. The molecule has 8 aromatic rings. The third kappa shape index (κ3) is 3.90. The van der Waals surface area contributed by atoms with Gasteiger partial charge in [0, 0.05) is 45.9 Å². The first kappa shape index (κ1) is 24.5. The highest BCUT2D eigenvalue weighted by atomic mass is 32.1. The quantitative estimate of drug-likeness (QED) is 0.213. The van der Waals surface area contributed by atoms with E-state index in [-0.39, 0.29) is 0 Å². The molecule has 42 heavy (non-hydrogen) atoms. The van der Waals surface area contributed by atoms with E-state index in [0.29, 0.717) is 11.1 Å². The largest absolute Gasteiger partial charge is 0.192 e. The minimum absolute atomic E-state index is 0.388. The number of thiophene rings is 2. The average molecular weight is 569 g/mol. The maximum atomic E-state index is 10.1. The molecule has 0 aliphatic heterocycles. The van der Waals surface area contributed by atoms with Crippen molar-refractivity contribution in [2.75, 3.05) is 0 Å². The Labute approximate surface area is 250 Å². The Morgan fingerprint density at radius 3 is 1.48 bits per heavy atom. The van der Waals surface area contributed by atoms with Gasteiger partial charge in [0.2, 0.25) is 0 Å². The molecule has 0 saturated carbocycles. The van der Waals surface area contributed by atoms with E-state index in [1.165, 1.54) is 40.3 Å². The van der Waals surface area contributed by atoms with Crippen LogP contribution in [0.25, 0.3) is 73.7 Å². The van der Waals surface area contributed by atoms with Crippen LogP contribution in [0.15, 0.2) is 121 Å². The monoisotopic (exact) mass is 568 g/mol. The molecule has 0 atom stereocenters. The first-order chi connectivity index (χ1) is 20.7. The van der Waals surface area contributed by atoms with Crippen molar-refractivity contribution in [3.05, 3.63) is 132 Å². The normalized spacial score (nSPS) is 11.3. The minimum atomic E-state index is 0.388. The Hall–Kier alpha value is -5.26. The minimum Gasteiger partial charge on any atom is -0.192 e. The number of hydrogen-bond donors (Lipinski definition) is 0. The lowest BCUT2D eigenvalue weighted by Crippen LogP contribution is -1.91. The zero-order valence-electron chi connectivity index (χ0n) is 22.3. The average Bonchev–Trinajstić information content (AvgIpc) is 3.61. The number of rotatable bonds is 3. The van der Waals surface area contributed by atoms with Gasteiger partial charge in [-0.2, -0.15) is 10.5 Å². The van der Waals surface area contributed by atoms with E-state index >= 15 is 0 Å². The molecule has 2 nitrogen and oxygen atoms in total. The van der Waals surface area contributed by atoms with Gasteiger partial charge in [0.15, 0.2) is 0 Å². The molecule has 0 radical (unpaired) electrons. The Morgan fingerprint density at radius 1 is 0.405 bits per heavy atom. The van der Waals surface area contributed by atoms with Crippen molar-refractivity contribution in [2.24, 2.45) is 0 Å². The van der Waals surface area contributed by atoms with Gasteiger partial charge in [-0.3, -0.25) is 0 Å². The molecule has 0 amide bonds. The molecule has 0 aliphatic rings. The standard InChI is InChI=1S/C38H20N2S2/c39-21-25-6-5-9-29(34(25)22-40)28-17-26(23-12-14-37-32(19-23)30-7-1-3-10-35(30)41-37)16-27(18-28)24-13-15-38-33(20-24)31-8-2-4-11-36(31)42-38/h1-20H. The molecule has 0 spiro atoms. The van der Waals surface area contributed by atoms with Gasteiger partial charge < -0.3 is 0 Å². The molecule has 8 rings (SSSR count). The fourth-order valence-corrected chi connectivity index (χ4v) is 8.11. The van der Waals surface area contributed by atoms with Crippen LogP contribution in [-0.4, -0.2) is 0 Å². The lowest BCUT2D eigenvalue weighted by atomic mass is 9.90. The Morgan fingerprint density at radius 2 is 0.929 bits per heavy atom. The van der Waals surface area contributed by atoms with Gasteiger partial charge in [-0.15, -0.1) is 22.7 Å². The zero-order valence-corrected chi connectivity index (χ0v) is 23.9. The molecule has 194 valence electrons. The van der Waals surface area contributed by atoms with Crippen LogP contribution in [0.2, 0.25) is 0 Å². The van der Waals surface area contributed by atoms with Gasteiger partial charge in [-0.05, 0) is 88.5 Å². The van der Waals surface area contributed by atoms with E-state index in [0.717, 1.165) is 33.4 Å². The van der Waals surface area contributed by atoms with Crippen LogP contribution in [0, 0.1) is 22.7 Å². The van der Waals surface area contributed by atoms with Gasteiger partial charge in [-0.1, -0.05) is 60.7 Å². The number of nitriles is 2. The van der Waals surface area contributed by atoms with Crippen molar-refractivity contribution in [1.29, 1.82) is 10.5 Å². The Balaban J connectivity index is 1.39. The second kappa shape index (κ2) is 9.68. The van der Waals surface area contributed by atoms with E-state index in [4.69, 9.17) is 0 Å². The van der Waals surface area contributed by atoms with Crippen LogP contribution in [0.3, 0.4) is 0 Å². The molecule has 0 saturated heterocycles. The maximum absolute atomic E-state index is 10.1. The van der Waals surface area contributed by atoms with Gasteiger partial charge in [-0.25, -0.2) is 0 Å². The lowest BCUT2D eigenvalue weighted by molar-refractivity contribution is 1.43. The molecule has 0 N–H and O–H groups in total. The smallest absolute Gasteiger partial charge is 0.101 e. The van der Waals surface area contributed by atoms with Crippen molar-refractivity contribution in [2.45, 2.75) is 0 Å². The third-order valence-electron chi connectivity index (χ3n) is 7.96. The summed E-state index contributed by atoms with van der Waals surface area (Å²) in [6, 6.07) is 47.0. The summed E-state index contributed by atoms with van der Waals surface area (Å²) in [5.74, 6) is 0. The molecule has 2 aromatic heterocycles. The Kier molecular flexibility index (Phi) is 5.66. The van der Waals surface area contributed by atoms with E-state index in [1.54, 1.807) is 6.07 Å². The number of benzene rings is 6. The lowest BCUT2D eigenvalue weighted by Gasteiger charge is -2.13. The molecular weight excluding hydrogens is 549 g/mol. The van der Waals surface area contributed by atoms with Gasteiger partial charge in [0.25, 0.3) is 0 Å². The SMILES string of the molecule is N#Cc1cccc(-c2cc(-c3ccc4sc5ccccc5c4c3)cc(-c3ccc4sc5ccccc5c4c3)c2)c1C#N. The predicted molar refractivity (Wildman–Crippen MR) is 178 cm³/mol. The first-order valence-corrected chi connectivity index (χ1v) is 15.3. The maximum Gasteiger partial charge on any atom is 0.101 e. The first-order valence-electron chi connectivity index (χ1n) is 13.6. The summed E-state index contributed by atoms with van der Waals surface area (Å²) in [6.07, 6.45) is 0. The van der Waals surface area contributed by atoms with E-state index < -0.39 is 0 Å². The summed E-state index contributed by atoms with van der Waals surface area (Å²) >= 11 is 3.62. The van der Waals surface area contributed by atoms with Crippen LogP contribution in [0.5, 0.6) is 0 Å². The summed E-state index contributed by atoms with van der Waals surface area (Å²) in [7, 11) is 0. The van der Waals surface area contributed by atoms with Crippen LogP contribution >= 0.6 is 22.7 Å². The van der Waals surface area contributed by atoms with Crippen LogP contribution in [-0.2, 0) is 0 Å². The van der Waals surface area contributed by atoms with Crippen molar-refractivity contribution >= 4 is 63.0 Å². The van der Waals surface area contributed by atoms with E-state index in [9.17, 15) is 10.5 Å². The number of fused-ring (bicyclic) bond motifs is 6. The highest BCUT2D eigenvalue weighted by molar-refractivity contribution is 7.26. The molecule has 0 fully saturated rings. The number of nitrogens with zero attached hydrogens (tertiary/aromatic N) is 2. The van der Waals surface area contributed by atoms with Crippen molar-refractivity contribution in [3.63, 3.8) is 0 Å². The van der Waals surface area contributed by atoms with Crippen molar-refractivity contribution in [3.8, 4) is 45.5 Å². The van der Waals surface area contributed by atoms with E-state index in [2.05, 4.69) is 115 Å². The molecule has 2 heterocycles. The summed E-state index contributed by atoms with van der Waals surface area (Å²) in [4.78, 5) is 0. The number of hydrogen-bond acceptors (Lipinski definition) is 4. The zero-order chi connectivity index (χ0) is 28.2. The van der Waals surface area contributed by atoms with Crippen LogP contribution in [0.1, 0.15) is 11.1 Å². The topological polar surface area (TPSA) is 47.6 Å². The molecule has 0 aliphatic carbocycles. The van der Waals surface area contributed by atoms with Gasteiger partial charge >= 0.3 is 0 Å². The van der Waals surface area contributed by atoms with Gasteiger partial charge in [0.05, 0.1) is 11.1 Å². The molecule has 0 bridgehead atoms. The molecule has 6 aromatic carbocycles. The van der Waals surface area contributed by atoms with Crippen LogP contribution < -0.4 is 0 Å².